The number of hydrogen-bond donors (Lipinski definition) is 2. The Morgan fingerprint density at radius 2 is 2.07 bits per heavy atom. The van der Waals surface area contributed by atoms with Crippen molar-refractivity contribution < 1.29 is 13.2 Å². The van der Waals surface area contributed by atoms with Crippen LogP contribution in [0, 0.1) is 12.8 Å². The van der Waals surface area contributed by atoms with Crippen molar-refractivity contribution in [3.8, 4) is 0 Å². The molecule has 162 valence electrons. The van der Waals surface area contributed by atoms with Crippen LogP contribution in [-0.4, -0.2) is 37.7 Å². The minimum Gasteiger partial charge on any atom is -0.354 e. The first-order chi connectivity index (χ1) is 14.3. The Labute approximate surface area is 182 Å². The first-order valence-electron chi connectivity index (χ1n) is 10.2. The summed E-state index contributed by atoms with van der Waals surface area (Å²) >= 11 is 1.67. The third-order valence-electron chi connectivity index (χ3n) is 5.17. The molecule has 0 unspecified atom stereocenters. The summed E-state index contributed by atoms with van der Waals surface area (Å²) < 4.78 is 27.1. The molecule has 1 aromatic heterocycles. The van der Waals surface area contributed by atoms with Crippen molar-refractivity contribution in [1.29, 1.82) is 0 Å². The first kappa shape index (κ1) is 22.4. The quantitative estimate of drug-likeness (QED) is 0.576. The first-order valence-corrected chi connectivity index (χ1v) is 12.6. The number of nitrogens with one attached hydrogen (secondary N) is 2. The Bertz CT molecular complexity index is 1030. The predicted molar refractivity (Wildman–Crippen MR) is 119 cm³/mol. The number of hydrogen-bond acceptors (Lipinski definition) is 6. The molecule has 0 fully saturated rings. The van der Waals surface area contributed by atoms with E-state index in [1.807, 2.05) is 26.2 Å². The van der Waals surface area contributed by atoms with E-state index in [1.54, 1.807) is 35.6 Å². The summed E-state index contributed by atoms with van der Waals surface area (Å²) in [7, 11) is -3.62. The van der Waals surface area contributed by atoms with E-state index >= 15 is 0 Å². The number of benzene rings is 1. The van der Waals surface area contributed by atoms with E-state index in [9.17, 15) is 13.2 Å². The maximum atomic E-state index is 12.8. The van der Waals surface area contributed by atoms with Gasteiger partial charge in [-0.25, -0.2) is 13.4 Å². The number of nitrogens with zero attached hydrogens (tertiary/aromatic N) is 2. The molecule has 0 saturated carbocycles. The van der Waals surface area contributed by atoms with Crippen molar-refractivity contribution in [2.45, 2.75) is 57.4 Å². The van der Waals surface area contributed by atoms with E-state index in [0.29, 0.717) is 12.1 Å². The summed E-state index contributed by atoms with van der Waals surface area (Å²) in [4.78, 5) is 22.0. The van der Waals surface area contributed by atoms with Crippen LogP contribution in [-0.2, 0) is 21.2 Å². The van der Waals surface area contributed by atoms with Crippen LogP contribution in [0.5, 0.6) is 0 Å². The van der Waals surface area contributed by atoms with Gasteiger partial charge in [0.1, 0.15) is 11.9 Å². The number of carbonyl (C=O) groups is 1. The fourth-order valence-electron chi connectivity index (χ4n) is 3.27. The van der Waals surface area contributed by atoms with Crippen molar-refractivity contribution in [2.24, 2.45) is 10.9 Å². The Morgan fingerprint density at radius 1 is 1.30 bits per heavy atom. The summed E-state index contributed by atoms with van der Waals surface area (Å²) in [6, 6.07) is 6.03. The molecule has 0 aliphatic carbocycles. The van der Waals surface area contributed by atoms with E-state index in [4.69, 9.17) is 0 Å². The molecule has 1 aliphatic heterocycles. The zero-order chi connectivity index (χ0) is 21.7. The maximum Gasteiger partial charge on any atom is 0.263 e. The summed E-state index contributed by atoms with van der Waals surface area (Å²) in [5, 5.41) is 6.13. The lowest BCUT2D eigenvalue weighted by atomic mass is 9.98. The van der Waals surface area contributed by atoms with Gasteiger partial charge < -0.3 is 5.32 Å². The molecule has 1 aliphatic rings. The van der Waals surface area contributed by atoms with Gasteiger partial charge in [0.2, 0.25) is 5.91 Å². The number of thiazole rings is 1. The second-order valence-electron chi connectivity index (χ2n) is 7.54. The molecule has 2 aromatic rings. The van der Waals surface area contributed by atoms with Crippen molar-refractivity contribution in [2.75, 3.05) is 6.54 Å². The van der Waals surface area contributed by atoms with Crippen molar-refractivity contribution in [1.82, 2.24) is 15.0 Å². The Morgan fingerprint density at radius 3 is 2.77 bits per heavy atom. The van der Waals surface area contributed by atoms with Crippen LogP contribution in [0.1, 0.15) is 49.4 Å². The van der Waals surface area contributed by atoms with Crippen molar-refractivity contribution in [3.63, 3.8) is 0 Å². The average Bonchev–Trinajstić information content (AvgIpc) is 3.25. The minimum absolute atomic E-state index is 0.0203. The fourth-order valence-corrected chi connectivity index (χ4v) is 5.33. The molecule has 9 heteroatoms. The molecule has 1 amide bonds. The highest BCUT2D eigenvalue weighted by molar-refractivity contribution is 7.90. The Kier molecular flexibility index (Phi) is 7.25. The molecule has 2 atom stereocenters. The third kappa shape index (κ3) is 5.26. The molecule has 2 heterocycles. The van der Waals surface area contributed by atoms with Gasteiger partial charge in [-0.3, -0.25) is 14.5 Å². The van der Waals surface area contributed by atoms with Gasteiger partial charge in [-0.05, 0) is 44.2 Å². The lowest BCUT2D eigenvalue weighted by Gasteiger charge is -2.19. The lowest BCUT2D eigenvalue weighted by Crippen LogP contribution is -2.39. The van der Waals surface area contributed by atoms with E-state index in [0.717, 1.165) is 36.4 Å². The van der Waals surface area contributed by atoms with Gasteiger partial charge in [-0.15, -0.1) is 11.3 Å². The highest BCUT2D eigenvalue weighted by atomic mass is 32.2. The van der Waals surface area contributed by atoms with Gasteiger partial charge in [0.25, 0.3) is 10.0 Å². The zero-order valence-electron chi connectivity index (χ0n) is 17.5. The molecule has 30 heavy (non-hydrogen) atoms. The van der Waals surface area contributed by atoms with Crippen LogP contribution in [0.25, 0.3) is 0 Å². The number of aryl methyl sites for hydroxylation is 2. The number of fused-ring (bicyclic) bond motifs is 1. The number of amidine groups is 1. The van der Waals surface area contributed by atoms with Gasteiger partial charge in [-0.1, -0.05) is 32.4 Å². The summed E-state index contributed by atoms with van der Waals surface area (Å²) in [5.41, 5.74) is 1.56. The molecular formula is C21H28N4O3S2. The zero-order valence-corrected chi connectivity index (χ0v) is 19.1. The van der Waals surface area contributed by atoms with Gasteiger partial charge >= 0.3 is 0 Å². The molecule has 2 N–H and O–H groups in total. The number of carbonyl (C=O) groups excluding carboxylic acids is 1. The van der Waals surface area contributed by atoms with Gasteiger partial charge in [-0.2, -0.15) is 0 Å². The third-order valence-corrected chi connectivity index (χ3v) is 7.59. The largest absolute Gasteiger partial charge is 0.354 e. The summed E-state index contributed by atoms with van der Waals surface area (Å²) in [6.07, 6.45) is 3.46. The second kappa shape index (κ2) is 9.70. The molecule has 0 bridgehead atoms. The molecule has 7 nitrogen and oxygen atoms in total. The average molecular weight is 449 g/mol. The summed E-state index contributed by atoms with van der Waals surface area (Å²) in [6.45, 7) is 6.49. The number of amides is 1. The van der Waals surface area contributed by atoms with Gasteiger partial charge in [0.15, 0.2) is 0 Å². The lowest BCUT2D eigenvalue weighted by molar-refractivity contribution is -0.123. The van der Waals surface area contributed by atoms with Crippen molar-refractivity contribution >= 4 is 33.1 Å². The fraction of sp³-hybridized carbons (Fsp3) is 0.476. The Balaban J connectivity index is 1.63. The number of rotatable bonds is 9. The molecular weight excluding hydrogens is 420 g/mol. The summed E-state index contributed by atoms with van der Waals surface area (Å²) in [5.74, 6) is 0.0452. The predicted octanol–water partition coefficient (Wildman–Crippen LogP) is 3.04. The Hall–Kier alpha value is -2.26. The molecule has 0 spiro atoms. The number of aromatic nitrogens is 1. The van der Waals surface area contributed by atoms with Crippen LogP contribution in [0.4, 0.5) is 0 Å². The minimum atomic E-state index is -3.62. The van der Waals surface area contributed by atoms with E-state index < -0.39 is 16.1 Å². The second-order valence-corrected chi connectivity index (χ2v) is 10.1. The van der Waals surface area contributed by atoms with Crippen LogP contribution in [0.3, 0.4) is 0 Å². The normalized spacial score (nSPS) is 17.9. The number of unbranched alkanes of at least 4 members (excludes halogenated alkanes) is 1. The number of sulfonamides is 1. The molecule has 0 radical (unpaired) electrons. The number of aliphatic imine (C=N–C) groups is 1. The topological polar surface area (TPSA) is 101 Å². The smallest absolute Gasteiger partial charge is 0.263 e. The highest BCUT2D eigenvalue weighted by Crippen LogP contribution is 2.24. The van der Waals surface area contributed by atoms with Gasteiger partial charge in [0.05, 0.1) is 9.90 Å². The monoisotopic (exact) mass is 448 g/mol. The maximum absolute atomic E-state index is 12.8. The molecule has 0 saturated heterocycles. The van der Waals surface area contributed by atoms with Crippen LogP contribution >= 0.6 is 11.3 Å². The van der Waals surface area contributed by atoms with E-state index in [2.05, 4.69) is 20.0 Å². The van der Waals surface area contributed by atoms with Crippen LogP contribution < -0.4 is 10.0 Å². The van der Waals surface area contributed by atoms with Crippen LogP contribution in [0.15, 0.2) is 39.5 Å². The molecule has 1 aromatic carbocycles. The van der Waals surface area contributed by atoms with E-state index in [1.165, 1.54) is 0 Å². The van der Waals surface area contributed by atoms with E-state index in [-0.39, 0.29) is 22.6 Å². The van der Waals surface area contributed by atoms with Crippen molar-refractivity contribution in [3.05, 3.63) is 45.9 Å². The SMILES string of the molecule is CC[C@H](C)[C@H](N=C1NS(=O)(=O)c2ccccc21)C(=O)NCCCCc1nc(C)cs1. The highest BCUT2D eigenvalue weighted by Gasteiger charge is 2.32. The molecule has 3 rings (SSSR count). The standard InChI is InChI=1S/C21H28N4O3S2/c1-4-14(2)19(21(26)22-12-8-7-11-18-23-15(3)13-29-18)24-20-16-9-5-6-10-17(16)30(27,28)25-20/h5-6,9-10,13-14,19H,4,7-8,11-12H2,1-3H3,(H,22,26)(H,24,25)/t14-,19-/m0/s1. The van der Waals surface area contributed by atoms with Gasteiger partial charge in [0, 0.05) is 23.2 Å². The van der Waals surface area contributed by atoms with Crippen LogP contribution in [0.2, 0.25) is 0 Å².